The smallest absolute Gasteiger partial charge is 0.0348 e. The van der Waals surface area contributed by atoms with Crippen LogP contribution in [-0.2, 0) is 0 Å². The first-order valence-electron chi connectivity index (χ1n) is 4.75. The van der Waals surface area contributed by atoms with Crippen molar-refractivity contribution in [3.8, 4) is 0 Å². The van der Waals surface area contributed by atoms with Gasteiger partial charge < -0.3 is 0 Å². The first-order chi connectivity index (χ1) is 5.63. The van der Waals surface area contributed by atoms with Crippen molar-refractivity contribution in [2.24, 2.45) is 0 Å². The summed E-state index contributed by atoms with van der Waals surface area (Å²) >= 11 is 11.5. The lowest BCUT2D eigenvalue weighted by Gasteiger charge is -2.22. The minimum absolute atomic E-state index is 0.515. The van der Waals surface area contributed by atoms with Crippen molar-refractivity contribution in [2.75, 3.05) is 11.8 Å². The molecule has 0 aromatic rings. The molecular formula is C8H20Cl2Si2. The quantitative estimate of drug-likeness (QED) is 0.497. The second-order valence-corrected chi connectivity index (χ2v) is 12.5. The lowest BCUT2D eigenvalue weighted by atomic mass is 10.9. The lowest BCUT2D eigenvalue weighted by molar-refractivity contribution is 1.18. The molecule has 0 spiro atoms. The van der Waals surface area contributed by atoms with E-state index in [9.17, 15) is 0 Å². The molecule has 2 unspecified atom stereocenters. The molecule has 0 bridgehead atoms. The molecule has 0 N–H and O–H groups in total. The molecule has 12 heavy (non-hydrogen) atoms. The minimum atomic E-state index is -0.515. The molecule has 0 amide bonds. The maximum Gasteiger partial charge on any atom is 0.0348 e. The zero-order valence-electron chi connectivity index (χ0n) is 8.32. The predicted molar refractivity (Wildman–Crippen MR) is 66.5 cm³/mol. The van der Waals surface area contributed by atoms with Crippen LogP contribution >= 0.6 is 23.2 Å². The second-order valence-electron chi connectivity index (χ2n) is 3.77. The third-order valence-corrected chi connectivity index (χ3v) is 14.0. The third kappa shape index (κ3) is 4.90. The molecule has 4 heteroatoms. The highest BCUT2D eigenvalue weighted by molar-refractivity contribution is 6.79. The van der Waals surface area contributed by atoms with Gasteiger partial charge in [-0.25, -0.2) is 0 Å². The second kappa shape index (κ2) is 7.42. The Morgan fingerprint density at radius 1 is 1.00 bits per heavy atom. The standard InChI is InChI=1S/C8H20Cl2Si2/c1-8(11(2)6-4-9)12(3)7-5-10/h8,11-12H,4-7H2,1-3H3. The van der Waals surface area contributed by atoms with E-state index < -0.39 is 17.6 Å². The van der Waals surface area contributed by atoms with E-state index in [0.29, 0.717) is 0 Å². The van der Waals surface area contributed by atoms with Crippen molar-refractivity contribution in [1.29, 1.82) is 0 Å². The van der Waals surface area contributed by atoms with Crippen LogP contribution in [0.1, 0.15) is 6.92 Å². The van der Waals surface area contributed by atoms with E-state index in [4.69, 9.17) is 23.2 Å². The average Bonchev–Trinajstić information content (AvgIpc) is 2.04. The normalized spacial score (nSPS) is 18.8. The molecule has 0 radical (unpaired) electrons. The van der Waals surface area contributed by atoms with Gasteiger partial charge >= 0.3 is 0 Å². The summed E-state index contributed by atoms with van der Waals surface area (Å²) in [5.41, 5.74) is 0. The first kappa shape index (κ1) is 13.0. The van der Waals surface area contributed by atoms with Gasteiger partial charge in [0.25, 0.3) is 0 Å². The van der Waals surface area contributed by atoms with Gasteiger partial charge in [0.05, 0.1) is 0 Å². The van der Waals surface area contributed by atoms with Gasteiger partial charge in [-0.2, -0.15) is 0 Å². The van der Waals surface area contributed by atoms with Crippen LogP contribution in [-0.4, -0.2) is 29.4 Å². The summed E-state index contributed by atoms with van der Waals surface area (Å²) < 4.78 is 0. The summed E-state index contributed by atoms with van der Waals surface area (Å²) in [6, 6.07) is 2.59. The van der Waals surface area contributed by atoms with Crippen molar-refractivity contribution in [1.82, 2.24) is 0 Å². The Bertz CT molecular complexity index is 99.2. The Labute approximate surface area is 89.9 Å². The molecule has 0 rings (SSSR count). The Balaban J connectivity index is 3.73. The van der Waals surface area contributed by atoms with Gasteiger partial charge in [-0.3, -0.25) is 0 Å². The van der Waals surface area contributed by atoms with Crippen LogP contribution in [0, 0.1) is 0 Å². The lowest BCUT2D eigenvalue weighted by Crippen LogP contribution is -2.27. The van der Waals surface area contributed by atoms with Crippen LogP contribution in [0.3, 0.4) is 0 Å². The fraction of sp³-hybridized carbons (Fsp3) is 1.00. The van der Waals surface area contributed by atoms with E-state index in [1.54, 1.807) is 0 Å². The van der Waals surface area contributed by atoms with Gasteiger partial charge in [0.15, 0.2) is 0 Å². The van der Waals surface area contributed by atoms with Crippen LogP contribution < -0.4 is 0 Å². The average molecular weight is 243 g/mol. The number of rotatable bonds is 6. The highest BCUT2D eigenvalue weighted by Crippen LogP contribution is 2.20. The van der Waals surface area contributed by atoms with E-state index in [0.717, 1.165) is 16.9 Å². The molecule has 0 aromatic heterocycles. The summed E-state index contributed by atoms with van der Waals surface area (Å²) in [5.74, 6) is 1.72. The van der Waals surface area contributed by atoms with E-state index in [1.807, 2.05) is 0 Å². The van der Waals surface area contributed by atoms with Gasteiger partial charge in [0.1, 0.15) is 0 Å². The minimum Gasteiger partial charge on any atom is -0.127 e. The molecule has 0 saturated carbocycles. The van der Waals surface area contributed by atoms with Crippen molar-refractivity contribution in [3.63, 3.8) is 0 Å². The monoisotopic (exact) mass is 242 g/mol. The van der Waals surface area contributed by atoms with Gasteiger partial charge in [-0.05, 0) is 12.1 Å². The van der Waals surface area contributed by atoms with Crippen molar-refractivity contribution >= 4 is 40.8 Å². The Morgan fingerprint density at radius 3 is 1.58 bits per heavy atom. The molecule has 0 nitrogen and oxygen atoms in total. The number of alkyl halides is 2. The van der Waals surface area contributed by atoms with Crippen LogP contribution in [0.15, 0.2) is 0 Å². The van der Waals surface area contributed by atoms with Crippen molar-refractivity contribution in [2.45, 2.75) is 37.3 Å². The zero-order valence-corrected chi connectivity index (χ0v) is 12.1. The molecule has 0 aliphatic rings. The van der Waals surface area contributed by atoms with Gasteiger partial charge in [-0.1, -0.05) is 25.2 Å². The molecule has 0 aromatic carbocycles. The third-order valence-electron chi connectivity index (χ3n) is 2.92. The highest BCUT2D eigenvalue weighted by atomic mass is 35.5. The molecule has 0 fully saturated rings. The summed E-state index contributed by atoms with van der Waals surface area (Å²) in [7, 11) is -1.03. The first-order valence-corrected chi connectivity index (χ1v) is 11.1. The maximum atomic E-state index is 5.75. The Hall–Kier alpha value is 1.01. The number of halogens is 2. The zero-order chi connectivity index (χ0) is 9.56. The van der Waals surface area contributed by atoms with Crippen LogP contribution in [0.25, 0.3) is 0 Å². The highest BCUT2D eigenvalue weighted by Gasteiger charge is 2.19. The van der Waals surface area contributed by atoms with Crippen LogP contribution in [0.4, 0.5) is 0 Å². The molecule has 0 saturated heterocycles. The fourth-order valence-corrected chi connectivity index (χ4v) is 10.9. The van der Waals surface area contributed by atoms with E-state index in [2.05, 4.69) is 20.0 Å². The Kier molecular flexibility index (Phi) is 8.05. The predicted octanol–water partition coefficient (Wildman–Crippen LogP) is 3.11. The molecule has 2 atom stereocenters. The summed E-state index contributed by atoms with van der Waals surface area (Å²) in [6.07, 6.45) is 0. The molecule has 0 aliphatic carbocycles. The largest absolute Gasteiger partial charge is 0.127 e. The molecule has 0 heterocycles. The van der Waals surface area contributed by atoms with Crippen molar-refractivity contribution in [3.05, 3.63) is 0 Å². The molecule has 0 aliphatic heterocycles. The number of hydrogen-bond donors (Lipinski definition) is 0. The maximum absolute atomic E-state index is 5.75. The summed E-state index contributed by atoms with van der Waals surface area (Å²) in [4.78, 5) is 0. The number of hydrogen-bond acceptors (Lipinski definition) is 0. The SMILES string of the molecule is CC([SiH](C)CCCl)[SiH](C)CCCl. The van der Waals surface area contributed by atoms with Gasteiger partial charge in [0.2, 0.25) is 0 Å². The fourth-order valence-electron chi connectivity index (χ4n) is 1.43. The van der Waals surface area contributed by atoms with Crippen LogP contribution in [0.5, 0.6) is 0 Å². The van der Waals surface area contributed by atoms with E-state index in [1.165, 1.54) is 12.1 Å². The van der Waals surface area contributed by atoms with E-state index >= 15 is 0 Å². The van der Waals surface area contributed by atoms with Gasteiger partial charge in [-0.15, -0.1) is 23.2 Å². The summed E-state index contributed by atoms with van der Waals surface area (Å²) in [5, 5.41) is 1.02. The van der Waals surface area contributed by atoms with Gasteiger partial charge in [0, 0.05) is 29.4 Å². The Morgan fingerprint density at radius 2 is 1.33 bits per heavy atom. The molecular weight excluding hydrogens is 223 g/mol. The topological polar surface area (TPSA) is 0 Å². The van der Waals surface area contributed by atoms with E-state index in [-0.39, 0.29) is 0 Å². The molecule has 74 valence electrons. The van der Waals surface area contributed by atoms with Crippen LogP contribution in [0.2, 0.25) is 30.3 Å². The summed E-state index contributed by atoms with van der Waals surface area (Å²) in [6.45, 7) is 7.32. The van der Waals surface area contributed by atoms with Crippen molar-refractivity contribution < 1.29 is 0 Å².